The number of rotatable bonds is 5. The number of benzene rings is 2. The van der Waals surface area contributed by atoms with Crippen LogP contribution in [-0.4, -0.2) is 32.8 Å². The molecule has 7 heteroatoms. The zero-order valence-electron chi connectivity index (χ0n) is 19.0. The number of hydrogen-bond donors (Lipinski definition) is 0. The molecule has 1 heterocycles. The molecule has 1 unspecified atom stereocenters. The number of carbonyl (C=O) groups excluding carboxylic acids is 1. The fourth-order valence-electron chi connectivity index (χ4n) is 4.78. The highest BCUT2D eigenvalue weighted by atomic mass is 79.9. The second-order valence-corrected chi connectivity index (χ2v) is 9.08. The van der Waals surface area contributed by atoms with Crippen molar-refractivity contribution in [2.45, 2.75) is 31.6 Å². The summed E-state index contributed by atoms with van der Waals surface area (Å²) in [6.45, 7) is 1.86. The van der Waals surface area contributed by atoms with Gasteiger partial charge >= 0.3 is 0 Å². The Hall–Kier alpha value is -3.11. The molecule has 0 spiro atoms. The standard InChI is InChI=1S/C26H25BrN2O4/c1-14-19(13-28)25(18-11-23(32-3)24(33-4)12-20(18)27)26-21(29-14)9-16(10-22(26)30)15-5-7-17(31-2)8-6-15/h5-8,11-12,16,19,25H,9-10H2,1-4H3/t16-,19?,25+/m0/s1. The smallest absolute Gasteiger partial charge is 0.161 e. The lowest BCUT2D eigenvalue weighted by Crippen LogP contribution is -2.32. The average Bonchev–Trinajstić information content (AvgIpc) is 2.83. The number of allylic oxidation sites excluding steroid dienone is 2. The minimum absolute atomic E-state index is 0.0280. The molecule has 2 aromatic carbocycles. The highest BCUT2D eigenvalue weighted by molar-refractivity contribution is 9.10. The molecule has 3 atom stereocenters. The summed E-state index contributed by atoms with van der Waals surface area (Å²) in [7, 11) is 4.78. The molecule has 0 saturated carbocycles. The molecule has 1 aliphatic carbocycles. The van der Waals surface area contributed by atoms with Gasteiger partial charge < -0.3 is 14.2 Å². The fourth-order valence-corrected chi connectivity index (χ4v) is 5.35. The highest BCUT2D eigenvalue weighted by Crippen LogP contribution is 2.49. The molecule has 1 aliphatic heterocycles. The van der Waals surface area contributed by atoms with Crippen LogP contribution in [0, 0.1) is 17.2 Å². The molecule has 0 aromatic heterocycles. The lowest BCUT2D eigenvalue weighted by Gasteiger charge is -2.35. The Balaban J connectivity index is 1.80. The third kappa shape index (κ3) is 4.16. The molecule has 0 amide bonds. The second-order valence-electron chi connectivity index (χ2n) is 8.23. The van der Waals surface area contributed by atoms with Crippen molar-refractivity contribution in [3.8, 4) is 23.3 Å². The zero-order valence-corrected chi connectivity index (χ0v) is 20.6. The van der Waals surface area contributed by atoms with Gasteiger partial charge in [-0.25, -0.2) is 0 Å². The lowest BCUT2D eigenvalue weighted by molar-refractivity contribution is -0.116. The van der Waals surface area contributed by atoms with E-state index in [4.69, 9.17) is 19.2 Å². The molecular weight excluding hydrogens is 484 g/mol. The van der Waals surface area contributed by atoms with Crippen LogP contribution >= 0.6 is 15.9 Å². The van der Waals surface area contributed by atoms with Crippen molar-refractivity contribution in [3.05, 3.63) is 63.3 Å². The van der Waals surface area contributed by atoms with Crippen molar-refractivity contribution < 1.29 is 19.0 Å². The van der Waals surface area contributed by atoms with Gasteiger partial charge in [-0.2, -0.15) is 5.26 Å². The first kappa shape index (κ1) is 23.1. The third-order valence-electron chi connectivity index (χ3n) is 6.45. The number of halogens is 1. The van der Waals surface area contributed by atoms with Crippen molar-refractivity contribution in [2.75, 3.05) is 21.3 Å². The van der Waals surface area contributed by atoms with E-state index in [1.165, 1.54) is 0 Å². The van der Waals surface area contributed by atoms with Gasteiger partial charge in [0.15, 0.2) is 17.3 Å². The van der Waals surface area contributed by atoms with E-state index in [1.807, 2.05) is 43.3 Å². The van der Waals surface area contributed by atoms with E-state index in [1.54, 1.807) is 21.3 Å². The molecule has 170 valence electrons. The van der Waals surface area contributed by atoms with Gasteiger partial charge in [0.2, 0.25) is 0 Å². The van der Waals surface area contributed by atoms with Crippen LogP contribution in [0.25, 0.3) is 0 Å². The van der Waals surface area contributed by atoms with Gasteiger partial charge in [-0.15, -0.1) is 0 Å². The zero-order chi connectivity index (χ0) is 23.7. The van der Waals surface area contributed by atoms with Gasteiger partial charge in [-0.1, -0.05) is 28.1 Å². The second kappa shape index (κ2) is 9.40. The Kier molecular flexibility index (Phi) is 6.57. The minimum atomic E-state index is -0.542. The summed E-state index contributed by atoms with van der Waals surface area (Å²) in [6.07, 6.45) is 1.02. The van der Waals surface area contributed by atoms with Crippen LogP contribution in [0.5, 0.6) is 17.2 Å². The van der Waals surface area contributed by atoms with Crippen LogP contribution in [0.4, 0.5) is 0 Å². The Bertz CT molecular complexity index is 1190. The number of carbonyl (C=O) groups is 1. The molecule has 6 nitrogen and oxygen atoms in total. The van der Waals surface area contributed by atoms with E-state index in [0.717, 1.165) is 27.0 Å². The summed E-state index contributed by atoms with van der Waals surface area (Å²) in [5.41, 5.74) is 4.01. The molecule has 0 fully saturated rings. The summed E-state index contributed by atoms with van der Waals surface area (Å²) in [5.74, 6) is 0.996. The number of ketones is 1. The monoisotopic (exact) mass is 508 g/mol. The minimum Gasteiger partial charge on any atom is -0.497 e. The maximum Gasteiger partial charge on any atom is 0.161 e. The van der Waals surface area contributed by atoms with Gasteiger partial charge in [0.1, 0.15) is 5.75 Å². The number of aliphatic imine (C=N–C) groups is 1. The van der Waals surface area contributed by atoms with E-state index >= 15 is 0 Å². The summed E-state index contributed by atoms with van der Waals surface area (Å²) < 4.78 is 16.9. The Morgan fingerprint density at radius 1 is 1.03 bits per heavy atom. The Morgan fingerprint density at radius 3 is 2.30 bits per heavy atom. The number of methoxy groups -OCH3 is 3. The van der Waals surface area contributed by atoms with Crippen LogP contribution in [0.2, 0.25) is 0 Å². The number of hydrogen-bond acceptors (Lipinski definition) is 6. The van der Waals surface area contributed by atoms with Gasteiger partial charge in [-0.3, -0.25) is 9.79 Å². The summed E-state index contributed by atoms with van der Waals surface area (Å²) >= 11 is 3.63. The van der Waals surface area contributed by atoms with Crippen LogP contribution < -0.4 is 14.2 Å². The summed E-state index contributed by atoms with van der Waals surface area (Å²) in [4.78, 5) is 18.3. The predicted octanol–water partition coefficient (Wildman–Crippen LogP) is 5.57. The molecule has 2 aromatic rings. The summed E-state index contributed by atoms with van der Waals surface area (Å²) in [5, 5.41) is 10.0. The van der Waals surface area contributed by atoms with E-state index in [9.17, 15) is 10.1 Å². The molecule has 0 N–H and O–H groups in total. The Morgan fingerprint density at radius 2 is 1.70 bits per heavy atom. The van der Waals surface area contributed by atoms with Crippen LogP contribution in [0.3, 0.4) is 0 Å². The maximum atomic E-state index is 13.5. The highest BCUT2D eigenvalue weighted by Gasteiger charge is 2.42. The quantitative estimate of drug-likeness (QED) is 0.526. The third-order valence-corrected chi connectivity index (χ3v) is 7.14. The number of nitrogens with zero attached hydrogens (tertiary/aromatic N) is 2. The van der Waals surface area contributed by atoms with Crippen LogP contribution in [-0.2, 0) is 4.79 Å². The number of Topliss-reactive ketones (excluding diaryl/α,β-unsaturated/α-hetero) is 1. The number of ether oxygens (including phenoxy) is 3. The molecule has 0 saturated heterocycles. The van der Waals surface area contributed by atoms with Crippen LogP contribution in [0.1, 0.15) is 42.7 Å². The molecule has 33 heavy (non-hydrogen) atoms. The van der Waals surface area contributed by atoms with E-state index in [-0.39, 0.29) is 11.7 Å². The normalized spacial score (nSPS) is 22.2. The molecule has 0 radical (unpaired) electrons. The van der Waals surface area contributed by atoms with Gasteiger partial charge in [0, 0.05) is 33.8 Å². The molecule has 0 bridgehead atoms. The van der Waals surface area contributed by atoms with Crippen molar-refractivity contribution in [1.82, 2.24) is 0 Å². The van der Waals surface area contributed by atoms with Gasteiger partial charge in [0.25, 0.3) is 0 Å². The van der Waals surface area contributed by atoms with Crippen molar-refractivity contribution in [1.29, 1.82) is 5.26 Å². The van der Waals surface area contributed by atoms with Gasteiger partial charge in [-0.05, 0) is 54.7 Å². The van der Waals surface area contributed by atoms with Gasteiger partial charge in [0.05, 0.1) is 33.3 Å². The fraction of sp³-hybridized carbons (Fsp3) is 0.346. The molecule has 2 aliphatic rings. The van der Waals surface area contributed by atoms with Crippen LogP contribution in [0.15, 0.2) is 57.1 Å². The largest absolute Gasteiger partial charge is 0.497 e. The summed E-state index contributed by atoms with van der Waals surface area (Å²) in [6, 6.07) is 13.9. The topological polar surface area (TPSA) is 80.9 Å². The molecular formula is C26H25BrN2O4. The molecule has 4 rings (SSSR count). The lowest BCUT2D eigenvalue weighted by atomic mass is 9.69. The first-order valence-corrected chi connectivity index (χ1v) is 11.5. The SMILES string of the molecule is COc1ccc([C@@H]2CC(=O)C3=C(C2)N=C(C)C(C#N)[C@H]3c2cc(OC)c(OC)cc2Br)cc1. The Labute approximate surface area is 202 Å². The number of nitriles is 1. The van der Waals surface area contributed by atoms with Crippen molar-refractivity contribution in [3.63, 3.8) is 0 Å². The average molecular weight is 509 g/mol. The van der Waals surface area contributed by atoms with E-state index in [0.29, 0.717) is 35.6 Å². The first-order chi connectivity index (χ1) is 15.9. The van der Waals surface area contributed by atoms with Crippen molar-refractivity contribution in [2.24, 2.45) is 10.9 Å². The van der Waals surface area contributed by atoms with Crippen molar-refractivity contribution >= 4 is 27.4 Å². The van der Waals surface area contributed by atoms with E-state index < -0.39 is 11.8 Å². The predicted molar refractivity (Wildman–Crippen MR) is 129 cm³/mol. The maximum absolute atomic E-state index is 13.5. The van der Waals surface area contributed by atoms with E-state index in [2.05, 4.69) is 22.0 Å². The first-order valence-electron chi connectivity index (χ1n) is 10.7.